The van der Waals surface area contributed by atoms with Crippen LogP contribution in [0.2, 0.25) is 0 Å². The zero-order chi connectivity index (χ0) is 16.9. The molecule has 1 aromatic carbocycles. The molecule has 23 heavy (non-hydrogen) atoms. The van der Waals surface area contributed by atoms with Crippen molar-refractivity contribution in [3.05, 3.63) is 29.8 Å². The monoisotopic (exact) mass is 337 g/mol. The number of anilines is 1. The van der Waals surface area contributed by atoms with Gasteiger partial charge in [0.2, 0.25) is 5.91 Å². The fourth-order valence-corrected chi connectivity index (χ4v) is 4.36. The molecule has 2 rings (SSSR count). The summed E-state index contributed by atoms with van der Waals surface area (Å²) in [7, 11) is -3.05. The Morgan fingerprint density at radius 3 is 2.48 bits per heavy atom. The van der Waals surface area contributed by atoms with Gasteiger partial charge in [-0.1, -0.05) is 12.1 Å². The average molecular weight is 337 g/mol. The summed E-state index contributed by atoms with van der Waals surface area (Å²) in [5.41, 5.74) is 4.45. The normalized spacial score (nSPS) is 19.8. The molecule has 1 heterocycles. The van der Waals surface area contributed by atoms with Gasteiger partial charge in [0.1, 0.15) is 0 Å². The topological polar surface area (TPSA) is 78.8 Å². The van der Waals surface area contributed by atoms with E-state index < -0.39 is 15.8 Å². The highest BCUT2D eigenvalue weighted by Crippen LogP contribution is 2.18. The second-order valence-corrected chi connectivity index (χ2v) is 7.83. The minimum Gasteiger partial charge on any atom is -0.372 e. The van der Waals surface area contributed by atoms with Gasteiger partial charge in [-0.15, -0.1) is 0 Å². The summed E-state index contributed by atoms with van der Waals surface area (Å²) in [6.45, 7) is 6.11. The van der Waals surface area contributed by atoms with E-state index in [-0.39, 0.29) is 17.4 Å². The van der Waals surface area contributed by atoms with Crippen LogP contribution in [-0.2, 0) is 14.6 Å². The van der Waals surface area contributed by atoms with E-state index in [1.807, 2.05) is 24.3 Å². The van der Waals surface area contributed by atoms with E-state index in [9.17, 15) is 13.2 Å². The predicted molar refractivity (Wildman–Crippen MR) is 92.5 cm³/mol. The second-order valence-electron chi connectivity index (χ2n) is 5.60. The molecule has 0 radical (unpaired) electrons. The fraction of sp³-hybridized carbons (Fsp3) is 0.500. The molecule has 1 aliphatic rings. The van der Waals surface area contributed by atoms with Gasteiger partial charge in [0.15, 0.2) is 9.84 Å². The maximum absolute atomic E-state index is 11.8. The molecule has 0 saturated carbocycles. The van der Waals surface area contributed by atoms with Gasteiger partial charge >= 0.3 is 0 Å². The number of sulfone groups is 1. The van der Waals surface area contributed by atoms with Crippen LogP contribution in [0.4, 0.5) is 5.69 Å². The first-order valence-corrected chi connectivity index (χ1v) is 9.65. The molecule has 0 bridgehead atoms. The van der Waals surface area contributed by atoms with Crippen LogP contribution in [0.15, 0.2) is 29.4 Å². The molecule has 1 atom stereocenters. The Labute approximate surface area is 137 Å². The van der Waals surface area contributed by atoms with Crippen molar-refractivity contribution in [3.63, 3.8) is 0 Å². The molecule has 1 saturated heterocycles. The number of benzene rings is 1. The number of nitrogens with zero attached hydrogens (tertiary/aromatic N) is 2. The summed E-state index contributed by atoms with van der Waals surface area (Å²) in [5.74, 6) is -0.807. The minimum absolute atomic E-state index is 0.0765. The van der Waals surface area contributed by atoms with Crippen LogP contribution in [0.3, 0.4) is 0 Å². The van der Waals surface area contributed by atoms with Crippen LogP contribution in [0.5, 0.6) is 0 Å². The summed E-state index contributed by atoms with van der Waals surface area (Å²) >= 11 is 0. The Kier molecular flexibility index (Phi) is 5.76. The van der Waals surface area contributed by atoms with Crippen molar-refractivity contribution in [2.24, 2.45) is 11.0 Å². The summed E-state index contributed by atoms with van der Waals surface area (Å²) < 4.78 is 22.7. The molecule has 1 aromatic rings. The Morgan fingerprint density at radius 1 is 1.30 bits per heavy atom. The zero-order valence-electron chi connectivity index (χ0n) is 13.5. The van der Waals surface area contributed by atoms with Crippen molar-refractivity contribution >= 4 is 27.6 Å². The van der Waals surface area contributed by atoms with Gasteiger partial charge < -0.3 is 4.90 Å². The summed E-state index contributed by atoms with van der Waals surface area (Å²) in [6.07, 6.45) is 1.94. The molecule has 0 unspecified atom stereocenters. The van der Waals surface area contributed by atoms with E-state index in [0.29, 0.717) is 6.42 Å². The number of hydrogen-bond acceptors (Lipinski definition) is 5. The maximum atomic E-state index is 11.8. The number of amides is 1. The molecule has 0 aliphatic carbocycles. The number of carbonyl (C=O) groups excluding carboxylic acids is 1. The van der Waals surface area contributed by atoms with Crippen molar-refractivity contribution in [2.75, 3.05) is 29.5 Å². The third-order valence-electron chi connectivity index (χ3n) is 4.01. The van der Waals surface area contributed by atoms with Crippen LogP contribution >= 0.6 is 0 Å². The number of nitrogens with one attached hydrogen (secondary N) is 1. The lowest BCUT2D eigenvalue weighted by Gasteiger charge is -2.20. The van der Waals surface area contributed by atoms with E-state index in [1.165, 1.54) is 0 Å². The number of rotatable bonds is 6. The largest absolute Gasteiger partial charge is 0.372 e. The Morgan fingerprint density at radius 2 is 1.96 bits per heavy atom. The molecule has 1 amide bonds. The summed E-state index contributed by atoms with van der Waals surface area (Å²) in [6, 6.07) is 7.89. The Balaban J connectivity index is 1.89. The quantitative estimate of drug-likeness (QED) is 0.629. The van der Waals surface area contributed by atoms with Gasteiger partial charge in [-0.3, -0.25) is 4.79 Å². The van der Waals surface area contributed by atoms with E-state index >= 15 is 0 Å². The van der Waals surface area contributed by atoms with E-state index in [1.54, 1.807) is 6.21 Å². The first kappa shape index (κ1) is 17.5. The van der Waals surface area contributed by atoms with Crippen molar-refractivity contribution in [3.8, 4) is 0 Å². The van der Waals surface area contributed by atoms with E-state index in [4.69, 9.17) is 0 Å². The molecule has 1 aliphatic heterocycles. The highest BCUT2D eigenvalue weighted by atomic mass is 32.2. The van der Waals surface area contributed by atoms with Gasteiger partial charge in [0, 0.05) is 18.8 Å². The molecule has 0 spiro atoms. The van der Waals surface area contributed by atoms with Crippen LogP contribution < -0.4 is 10.3 Å². The standard InChI is InChI=1S/C16H23N3O3S/c1-3-19(4-2)15-7-5-13(6-8-15)11-17-18-16(20)14-9-10-23(21,22)12-14/h5-8,11,14H,3-4,9-10,12H2,1-2H3,(H,18,20)/b17-11-/t14-/m0/s1. The molecule has 1 N–H and O–H groups in total. The number of hydrazone groups is 1. The minimum atomic E-state index is -3.05. The third kappa shape index (κ3) is 4.79. The Bertz CT molecular complexity index is 664. The molecule has 1 fully saturated rings. The molecular formula is C16H23N3O3S. The zero-order valence-corrected chi connectivity index (χ0v) is 14.3. The van der Waals surface area contributed by atoms with Crippen LogP contribution in [-0.4, -0.2) is 45.1 Å². The molecule has 0 aromatic heterocycles. The Hall–Kier alpha value is -1.89. The molecular weight excluding hydrogens is 314 g/mol. The van der Waals surface area contributed by atoms with Crippen LogP contribution in [0.25, 0.3) is 0 Å². The van der Waals surface area contributed by atoms with Gasteiger partial charge in [0.25, 0.3) is 0 Å². The SMILES string of the molecule is CCN(CC)c1ccc(/C=N\NC(=O)[C@H]2CCS(=O)(=O)C2)cc1. The smallest absolute Gasteiger partial charge is 0.244 e. The second kappa shape index (κ2) is 7.59. The maximum Gasteiger partial charge on any atom is 0.244 e. The van der Waals surface area contributed by atoms with Crippen molar-refractivity contribution in [1.29, 1.82) is 0 Å². The van der Waals surface area contributed by atoms with Gasteiger partial charge in [-0.2, -0.15) is 5.10 Å². The molecule has 126 valence electrons. The average Bonchev–Trinajstić information content (AvgIpc) is 2.90. The van der Waals surface area contributed by atoms with Gasteiger partial charge in [-0.25, -0.2) is 13.8 Å². The highest BCUT2D eigenvalue weighted by Gasteiger charge is 2.32. The predicted octanol–water partition coefficient (Wildman–Crippen LogP) is 1.42. The summed E-state index contributed by atoms with van der Waals surface area (Å²) in [5, 5.41) is 3.92. The number of hydrogen-bond donors (Lipinski definition) is 1. The van der Waals surface area contributed by atoms with Crippen LogP contribution in [0, 0.1) is 5.92 Å². The lowest BCUT2D eigenvalue weighted by Crippen LogP contribution is -2.27. The third-order valence-corrected chi connectivity index (χ3v) is 5.78. The highest BCUT2D eigenvalue weighted by molar-refractivity contribution is 7.91. The van der Waals surface area contributed by atoms with Crippen molar-refractivity contribution in [1.82, 2.24) is 5.43 Å². The summed E-state index contributed by atoms with van der Waals surface area (Å²) in [4.78, 5) is 14.1. The number of carbonyl (C=O) groups is 1. The van der Waals surface area contributed by atoms with E-state index in [2.05, 4.69) is 29.3 Å². The fourth-order valence-electron chi connectivity index (χ4n) is 2.62. The van der Waals surface area contributed by atoms with Crippen LogP contribution in [0.1, 0.15) is 25.8 Å². The lowest BCUT2D eigenvalue weighted by atomic mass is 10.1. The van der Waals surface area contributed by atoms with E-state index in [0.717, 1.165) is 24.3 Å². The van der Waals surface area contributed by atoms with Crippen molar-refractivity contribution < 1.29 is 13.2 Å². The lowest BCUT2D eigenvalue weighted by molar-refractivity contribution is -0.124. The molecule has 6 nitrogen and oxygen atoms in total. The van der Waals surface area contributed by atoms with Crippen molar-refractivity contribution in [2.45, 2.75) is 20.3 Å². The first-order valence-electron chi connectivity index (χ1n) is 7.83. The van der Waals surface area contributed by atoms with Gasteiger partial charge in [0.05, 0.1) is 23.6 Å². The first-order chi connectivity index (χ1) is 10.9. The molecule has 7 heteroatoms. The van der Waals surface area contributed by atoms with Gasteiger partial charge in [-0.05, 0) is 38.0 Å².